The summed E-state index contributed by atoms with van der Waals surface area (Å²) in [5.41, 5.74) is 0.344. The zero-order chi connectivity index (χ0) is 20.7. The van der Waals surface area contributed by atoms with Gasteiger partial charge in [-0.05, 0) is 35.7 Å². The van der Waals surface area contributed by atoms with Gasteiger partial charge in [0.05, 0.1) is 10.6 Å². The molecule has 3 rings (SSSR count). The highest BCUT2D eigenvalue weighted by Crippen LogP contribution is 2.36. The van der Waals surface area contributed by atoms with Crippen molar-refractivity contribution in [2.45, 2.75) is 30.1 Å². The first-order chi connectivity index (χ1) is 13.1. The van der Waals surface area contributed by atoms with Gasteiger partial charge >= 0.3 is 6.18 Å². The average molecular weight is 433 g/mol. The standard InChI is InChI=1S/C18H16ClF3N2O3S/c1-23-17(25)15-8-11-4-2-3-5-12(11)10-24(15)28(26,27)16-9-13(18(20,21)22)6-7-14(16)19/h2-7,9,15H,8,10H2,1H3,(H,23,25). The van der Waals surface area contributed by atoms with Crippen molar-refractivity contribution < 1.29 is 26.4 Å². The Morgan fingerprint density at radius 2 is 1.82 bits per heavy atom. The zero-order valence-electron chi connectivity index (χ0n) is 14.6. The molecule has 0 fully saturated rings. The number of nitrogens with zero attached hydrogens (tertiary/aromatic N) is 1. The van der Waals surface area contributed by atoms with Crippen molar-refractivity contribution in [2.24, 2.45) is 0 Å². The van der Waals surface area contributed by atoms with Gasteiger partial charge in [0, 0.05) is 13.6 Å². The summed E-state index contributed by atoms with van der Waals surface area (Å²) < 4.78 is 66.6. The van der Waals surface area contributed by atoms with E-state index < -0.39 is 38.6 Å². The lowest BCUT2D eigenvalue weighted by Crippen LogP contribution is -2.51. The summed E-state index contributed by atoms with van der Waals surface area (Å²) in [6.07, 6.45) is -4.63. The maximum Gasteiger partial charge on any atom is 0.416 e. The Morgan fingerprint density at radius 1 is 1.18 bits per heavy atom. The number of nitrogens with one attached hydrogen (secondary N) is 1. The summed E-state index contributed by atoms with van der Waals surface area (Å²) in [5, 5.41) is 2.07. The molecule has 1 atom stereocenters. The second-order valence-electron chi connectivity index (χ2n) is 6.30. The van der Waals surface area contributed by atoms with Gasteiger partial charge in [-0.2, -0.15) is 17.5 Å². The molecule has 5 nitrogen and oxygen atoms in total. The minimum atomic E-state index is -4.73. The third kappa shape index (κ3) is 3.74. The molecule has 28 heavy (non-hydrogen) atoms. The Bertz CT molecular complexity index is 1020. The number of likely N-dealkylation sites (N-methyl/N-ethyl adjacent to an activating group) is 1. The molecular formula is C18H16ClF3N2O3S. The second-order valence-corrected chi connectivity index (χ2v) is 8.56. The Morgan fingerprint density at radius 3 is 2.43 bits per heavy atom. The molecule has 0 radical (unpaired) electrons. The smallest absolute Gasteiger partial charge is 0.358 e. The van der Waals surface area contributed by atoms with Crippen LogP contribution < -0.4 is 5.32 Å². The van der Waals surface area contributed by atoms with Crippen LogP contribution in [0.4, 0.5) is 13.2 Å². The van der Waals surface area contributed by atoms with Crippen molar-refractivity contribution in [3.05, 3.63) is 64.2 Å². The van der Waals surface area contributed by atoms with Gasteiger partial charge in [0.25, 0.3) is 0 Å². The number of hydrogen-bond acceptors (Lipinski definition) is 3. The molecule has 1 amide bonds. The summed E-state index contributed by atoms with van der Waals surface area (Å²) in [6.45, 7) is -0.150. The van der Waals surface area contributed by atoms with E-state index >= 15 is 0 Å². The largest absolute Gasteiger partial charge is 0.416 e. The number of halogens is 4. The molecule has 0 saturated heterocycles. The number of rotatable bonds is 3. The van der Waals surface area contributed by atoms with Gasteiger partial charge in [-0.25, -0.2) is 8.42 Å². The maximum absolute atomic E-state index is 13.2. The van der Waals surface area contributed by atoms with Crippen LogP contribution in [0.15, 0.2) is 47.4 Å². The first-order valence-electron chi connectivity index (χ1n) is 8.22. The van der Waals surface area contributed by atoms with Crippen LogP contribution in [0.3, 0.4) is 0 Å². The van der Waals surface area contributed by atoms with E-state index in [1.165, 1.54) is 7.05 Å². The second kappa shape index (κ2) is 7.38. The molecular weight excluding hydrogens is 417 g/mol. The molecule has 10 heteroatoms. The molecule has 0 aliphatic carbocycles. The van der Waals surface area contributed by atoms with E-state index in [9.17, 15) is 26.4 Å². The summed E-state index contributed by atoms with van der Waals surface area (Å²) >= 11 is 5.94. The van der Waals surface area contributed by atoms with Crippen molar-refractivity contribution in [1.29, 1.82) is 0 Å². The summed E-state index contributed by atoms with van der Waals surface area (Å²) in [7, 11) is -3.12. The van der Waals surface area contributed by atoms with Crippen LogP contribution in [-0.4, -0.2) is 31.7 Å². The fourth-order valence-electron chi connectivity index (χ4n) is 3.15. The van der Waals surface area contributed by atoms with Gasteiger partial charge in [0.15, 0.2) is 0 Å². The SMILES string of the molecule is CNC(=O)C1Cc2ccccc2CN1S(=O)(=O)c1cc(C(F)(F)F)ccc1Cl. The Kier molecular flexibility index (Phi) is 5.44. The molecule has 0 bridgehead atoms. The fraction of sp³-hybridized carbons (Fsp3) is 0.278. The minimum Gasteiger partial charge on any atom is -0.358 e. The lowest BCUT2D eigenvalue weighted by Gasteiger charge is -2.35. The van der Waals surface area contributed by atoms with Gasteiger partial charge < -0.3 is 5.32 Å². The lowest BCUT2D eigenvalue weighted by atomic mass is 9.95. The molecule has 0 spiro atoms. The highest BCUT2D eigenvalue weighted by molar-refractivity contribution is 7.89. The van der Waals surface area contributed by atoms with Crippen LogP contribution >= 0.6 is 11.6 Å². The van der Waals surface area contributed by atoms with E-state index in [1.807, 2.05) is 0 Å². The summed E-state index contributed by atoms with van der Waals surface area (Å²) in [4.78, 5) is 11.7. The van der Waals surface area contributed by atoms with Crippen LogP contribution in [0.2, 0.25) is 5.02 Å². The number of amides is 1. The Balaban J connectivity index is 2.13. The van der Waals surface area contributed by atoms with Crippen molar-refractivity contribution in [3.8, 4) is 0 Å². The van der Waals surface area contributed by atoms with Gasteiger partial charge in [0.1, 0.15) is 10.9 Å². The maximum atomic E-state index is 13.2. The molecule has 1 unspecified atom stereocenters. The summed E-state index contributed by atoms with van der Waals surface area (Å²) in [5.74, 6) is -0.554. The Hall–Kier alpha value is -2.10. The van der Waals surface area contributed by atoms with Gasteiger partial charge in [-0.1, -0.05) is 35.9 Å². The highest BCUT2D eigenvalue weighted by atomic mass is 35.5. The topological polar surface area (TPSA) is 66.5 Å². The van der Waals surface area contributed by atoms with Crippen LogP contribution in [0.5, 0.6) is 0 Å². The number of sulfonamides is 1. The normalized spacial score (nSPS) is 17.8. The van der Waals surface area contributed by atoms with E-state index in [2.05, 4.69) is 5.32 Å². The molecule has 1 aliphatic rings. The molecule has 0 saturated carbocycles. The molecule has 150 valence electrons. The predicted octanol–water partition coefficient (Wildman–Crippen LogP) is 3.22. The van der Waals surface area contributed by atoms with E-state index in [4.69, 9.17) is 11.6 Å². The summed E-state index contributed by atoms with van der Waals surface area (Å²) in [6, 6.07) is 7.99. The van der Waals surface area contributed by atoms with E-state index in [-0.39, 0.29) is 18.0 Å². The molecule has 1 aliphatic heterocycles. The van der Waals surface area contributed by atoms with Crippen LogP contribution in [-0.2, 0) is 34.0 Å². The number of alkyl halides is 3. The predicted molar refractivity (Wildman–Crippen MR) is 97.2 cm³/mol. The zero-order valence-corrected chi connectivity index (χ0v) is 16.2. The molecule has 2 aromatic rings. The van der Waals surface area contributed by atoms with Crippen molar-refractivity contribution in [2.75, 3.05) is 7.05 Å². The lowest BCUT2D eigenvalue weighted by molar-refractivity contribution is -0.137. The van der Waals surface area contributed by atoms with Crippen LogP contribution in [0.1, 0.15) is 16.7 Å². The van der Waals surface area contributed by atoms with Crippen molar-refractivity contribution in [1.82, 2.24) is 9.62 Å². The quantitative estimate of drug-likeness (QED) is 0.809. The third-order valence-electron chi connectivity index (χ3n) is 4.60. The number of hydrogen-bond donors (Lipinski definition) is 1. The molecule has 2 aromatic carbocycles. The van der Waals surface area contributed by atoms with E-state index in [0.717, 1.165) is 15.9 Å². The Labute approximate surface area is 165 Å². The van der Waals surface area contributed by atoms with Gasteiger partial charge in [-0.15, -0.1) is 0 Å². The average Bonchev–Trinajstić information content (AvgIpc) is 2.65. The number of fused-ring (bicyclic) bond motifs is 1. The number of carbonyl (C=O) groups is 1. The first-order valence-corrected chi connectivity index (χ1v) is 10.0. The van der Waals surface area contributed by atoms with Crippen molar-refractivity contribution in [3.63, 3.8) is 0 Å². The number of benzene rings is 2. The van der Waals surface area contributed by atoms with E-state index in [1.54, 1.807) is 24.3 Å². The number of carbonyl (C=O) groups excluding carboxylic acids is 1. The highest BCUT2D eigenvalue weighted by Gasteiger charge is 2.41. The van der Waals surface area contributed by atoms with E-state index in [0.29, 0.717) is 17.7 Å². The first kappa shape index (κ1) is 20.6. The fourth-order valence-corrected chi connectivity index (χ4v) is 5.21. The van der Waals surface area contributed by atoms with Crippen molar-refractivity contribution >= 4 is 27.5 Å². The molecule has 1 N–H and O–H groups in total. The molecule has 0 aromatic heterocycles. The van der Waals surface area contributed by atoms with Crippen LogP contribution in [0, 0.1) is 0 Å². The van der Waals surface area contributed by atoms with Gasteiger partial charge in [0.2, 0.25) is 15.9 Å². The van der Waals surface area contributed by atoms with Gasteiger partial charge in [-0.3, -0.25) is 4.79 Å². The third-order valence-corrected chi connectivity index (χ3v) is 6.94. The monoisotopic (exact) mass is 432 g/mol. The molecule has 1 heterocycles. The van der Waals surface area contributed by atoms with Crippen LogP contribution in [0.25, 0.3) is 0 Å². The minimum absolute atomic E-state index is 0.103.